The summed E-state index contributed by atoms with van der Waals surface area (Å²) in [6.07, 6.45) is 1.58. The number of rotatable bonds is 5. The molecule has 4 aromatic rings. The van der Waals surface area contributed by atoms with E-state index in [1.807, 2.05) is 50.2 Å². The van der Waals surface area contributed by atoms with E-state index in [9.17, 15) is 9.59 Å². The van der Waals surface area contributed by atoms with Crippen molar-refractivity contribution in [2.45, 2.75) is 26.9 Å². The predicted octanol–water partition coefficient (Wildman–Crippen LogP) is 3.28. The quantitative estimate of drug-likeness (QED) is 0.515. The van der Waals surface area contributed by atoms with Gasteiger partial charge in [0.05, 0.1) is 25.7 Å². The molecule has 2 heterocycles. The minimum absolute atomic E-state index is 0.168. The maximum atomic E-state index is 13.4. The zero-order valence-electron chi connectivity index (χ0n) is 17.3. The summed E-state index contributed by atoms with van der Waals surface area (Å²) in [4.78, 5) is 30.8. The van der Waals surface area contributed by atoms with Crippen molar-refractivity contribution in [1.29, 1.82) is 0 Å². The highest BCUT2D eigenvalue weighted by atomic mass is 16.5. The number of fused-ring (bicyclic) bond motifs is 1. The Morgan fingerprint density at radius 3 is 2.43 bits per heavy atom. The van der Waals surface area contributed by atoms with E-state index in [0.717, 1.165) is 28.0 Å². The molecule has 0 N–H and O–H groups in total. The van der Waals surface area contributed by atoms with Crippen LogP contribution in [0.2, 0.25) is 0 Å². The number of aryl methyl sites for hydroxylation is 2. The van der Waals surface area contributed by atoms with Gasteiger partial charge in [0.25, 0.3) is 5.56 Å². The molecule has 0 bridgehead atoms. The number of hydrogen-bond donors (Lipinski definition) is 0. The van der Waals surface area contributed by atoms with E-state index < -0.39 is 0 Å². The first-order chi connectivity index (χ1) is 14.5. The number of hydrogen-bond acceptors (Lipinski definition) is 4. The molecule has 0 unspecified atom stereocenters. The van der Waals surface area contributed by atoms with Crippen LogP contribution in [0, 0.1) is 13.8 Å². The van der Waals surface area contributed by atoms with Crippen molar-refractivity contribution in [2.24, 2.45) is 0 Å². The summed E-state index contributed by atoms with van der Waals surface area (Å²) in [5.74, 6) is 0.721. The summed E-state index contributed by atoms with van der Waals surface area (Å²) in [5.41, 5.74) is 4.19. The molecule has 0 spiro atoms. The van der Waals surface area contributed by atoms with Crippen LogP contribution in [-0.4, -0.2) is 21.2 Å². The third-order valence-corrected chi connectivity index (χ3v) is 5.32. The van der Waals surface area contributed by atoms with E-state index in [2.05, 4.69) is 11.1 Å². The highest BCUT2D eigenvalue weighted by Crippen LogP contribution is 2.15. The summed E-state index contributed by atoms with van der Waals surface area (Å²) < 4.78 is 8.07. The van der Waals surface area contributed by atoms with Gasteiger partial charge in [0, 0.05) is 6.20 Å². The van der Waals surface area contributed by atoms with Crippen LogP contribution in [-0.2, 0) is 13.1 Å². The minimum atomic E-state index is -0.386. The lowest BCUT2D eigenvalue weighted by Crippen LogP contribution is -2.41. The molecular weight excluding hydrogens is 378 g/mol. The molecule has 0 aliphatic heterocycles. The first-order valence-electron chi connectivity index (χ1n) is 9.75. The van der Waals surface area contributed by atoms with Crippen LogP contribution in [0.15, 0.2) is 70.4 Å². The molecule has 2 aromatic heterocycles. The molecule has 30 heavy (non-hydrogen) atoms. The van der Waals surface area contributed by atoms with Gasteiger partial charge in [0.1, 0.15) is 5.75 Å². The topological polar surface area (TPSA) is 66.1 Å². The number of aromatic nitrogens is 3. The second kappa shape index (κ2) is 7.99. The minimum Gasteiger partial charge on any atom is -0.497 e. The van der Waals surface area contributed by atoms with Crippen LogP contribution in [0.3, 0.4) is 0 Å². The molecule has 0 amide bonds. The van der Waals surface area contributed by atoms with E-state index in [1.54, 1.807) is 30.0 Å². The molecule has 0 aliphatic rings. The summed E-state index contributed by atoms with van der Waals surface area (Å²) in [6, 6.07) is 17.0. The predicted molar refractivity (Wildman–Crippen MR) is 117 cm³/mol. The van der Waals surface area contributed by atoms with Crippen molar-refractivity contribution in [2.75, 3.05) is 7.11 Å². The second-order valence-electron chi connectivity index (χ2n) is 7.41. The zero-order chi connectivity index (χ0) is 21.3. The molecule has 4 rings (SSSR count). The van der Waals surface area contributed by atoms with Gasteiger partial charge in [-0.05, 0) is 54.8 Å². The highest BCUT2D eigenvalue weighted by molar-refractivity contribution is 5.73. The fraction of sp³-hybridized carbons (Fsp3) is 0.208. The monoisotopic (exact) mass is 401 g/mol. The Hall–Kier alpha value is -3.67. The number of pyridine rings is 1. The first-order valence-corrected chi connectivity index (χ1v) is 9.75. The first kappa shape index (κ1) is 19.6. The van der Waals surface area contributed by atoms with Gasteiger partial charge in [-0.3, -0.25) is 13.9 Å². The SMILES string of the molecule is COc1ccc(Cn2c(=O)c3ncccc3n(Cc3cc(C)ccc3C)c2=O)cc1. The molecule has 0 saturated carbocycles. The van der Waals surface area contributed by atoms with Crippen molar-refractivity contribution in [1.82, 2.24) is 14.1 Å². The Morgan fingerprint density at radius 1 is 0.933 bits per heavy atom. The summed E-state index contributed by atoms with van der Waals surface area (Å²) >= 11 is 0. The lowest BCUT2D eigenvalue weighted by atomic mass is 10.1. The molecule has 6 heteroatoms. The number of ether oxygens (including phenoxy) is 1. The molecule has 0 aliphatic carbocycles. The molecule has 2 aromatic carbocycles. The molecule has 0 radical (unpaired) electrons. The van der Waals surface area contributed by atoms with E-state index in [4.69, 9.17) is 4.74 Å². The average molecular weight is 401 g/mol. The lowest BCUT2D eigenvalue weighted by molar-refractivity contribution is 0.414. The molecule has 0 saturated heterocycles. The normalized spacial score (nSPS) is 11.0. The zero-order valence-corrected chi connectivity index (χ0v) is 17.3. The van der Waals surface area contributed by atoms with E-state index in [0.29, 0.717) is 12.1 Å². The molecule has 0 atom stereocenters. The van der Waals surface area contributed by atoms with Crippen LogP contribution in [0.5, 0.6) is 5.75 Å². The molecule has 152 valence electrons. The fourth-order valence-corrected chi connectivity index (χ4v) is 3.59. The number of methoxy groups -OCH3 is 1. The Bertz CT molecular complexity index is 1330. The molecular formula is C24H23N3O3. The van der Waals surface area contributed by atoms with Crippen LogP contribution in [0.1, 0.15) is 22.3 Å². The van der Waals surface area contributed by atoms with Crippen molar-refractivity contribution in [3.63, 3.8) is 0 Å². The molecule has 0 fully saturated rings. The van der Waals surface area contributed by atoms with Gasteiger partial charge in [-0.2, -0.15) is 0 Å². The Labute approximate surface area is 174 Å². The van der Waals surface area contributed by atoms with E-state index in [1.165, 1.54) is 4.57 Å². The number of benzene rings is 2. The van der Waals surface area contributed by atoms with Gasteiger partial charge >= 0.3 is 5.69 Å². The van der Waals surface area contributed by atoms with E-state index in [-0.39, 0.29) is 23.3 Å². The van der Waals surface area contributed by atoms with Crippen molar-refractivity contribution in [3.8, 4) is 5.75 Å². The average Bonchev–Trinajstić information content (AvgIpc) is 2.77. The van der Waals surface area contributed by atoms with Crippen LogP contribution >= 0.6 is 0 Å². The third kappa shape index (κ3) is 3.64. The van der Waals surface area contributed by atoms with Crippen molar-refractivity contribution >= 4 is 11.0 Å². The van der Waals surface area contributed by atoms with Gasteiger partial charge in [0.2, 0.25) is 0 Å². The standard InChI is InChI=1S/C24H23N3O3/c1-16-6-7-17(2)19(13-16)15-26-21-5-4-12-25-22(21)23(28)27(24(26)29)14-18-8-10-20(30-3)11-9-18/h4-13H,14-15H2,1-3H3. The number of nitrogens with zero attached hydrogens (tertiary/aromatic N) is 3. The molecule has 6 nitrogen and oxygen atoms in total. The Morgan fingerprint density at radius 2 is 1.70 bits per heavy atom. The van der Waals surface area contributed by atoms with Gasteiger partial charge < -0.3 is 4.74 Å². The summed E-state index contributed by atoms with van der Waals surface area (Å²) in [7, 11) is 1.60. The van der Waals surface area contributed by atoms with Gasteiger partial charge in [-0.25, -0.2) is 9.78 Å². The van der Waals surface area contributed by atoms with Crippen LogP contribution < -0.4 is 16.0 Å². The fourth-order valence-electron chi connectivity index (χ4n) is 3.59. The van der Waals surface area contributed by atoms with Crippen molar-refractivity contribution in [3.05, 3.63) is 104 Å². The lowest BCUT2D eigenvalue weighted by Gasteiger charge is -2.15. The van der Waals surface area contributed by atoms with Crippen LogP contribution in [0.25, 0.3) is 11.0 Å². The Kier molecular flexibility index (Phi) is 5.23. The summed E-state index contributed by atoms with van der Waals surface area (Å²) in [5, 5.41) is 0. The maximum Gasteiger partial charge on any atom is 0.332 e. The second-order valence-corrected chi connectivity index (χ2v) is 7.41. The highest BCUT2D eigenvalue weighted by Gasteiger charge is 2.15. The largest absolute Gasteiger partial charge is 0.497 e. The maximum absolute atomic E-state index is 13.4. The smallest absolute Gasteiger partial charge is 0.332 e. The van der Waals surface area contributed by atoms with Crippen LogP contribution in [0.4, 0.5) is 0 Å². The van der Waals surface area contributed by atoms with Gasteiger partial charge in [-0.1, -0.05) is 35.9 Å². The Balaban J connectivity index is 1.88. The van der Waals surface area contributed by atoms with Crippen molar-refractivity contribution < 1.29 is 4.74 Å². The third-order valence-electron chi connectivity index (χ3n) is 5.32. The summed E-state index contributed by atoms with van der Waals surface area (Å²) in [6.45, 7) is 4.59. The van der Waals surface area contributed by atoms with Gasteiger partial charge in [-0.15, -0.1) is 0 Å². The van der Waals surface area contributed by atoms with Gasteiger partial charge in [0.15, 0.2) is 5.52 Å². The van der Waals surface area contributed by atoms with E-state index >= 15 is 0 Å².